The van der Waals surface area contributed by atoms with Gasteiger partial charge in [0.05, 0.1) is 24.9 Å². The Bertz CT molecular complexity index is 729. The number of hydrogen-bond donors (Lipinski definition) is 1. The van der Waals surface area contributed by atoms with Crippen molar-refractivity contribution in [2.75, 3.05) is 23.9 Å². The van der Waals surface area contributed by atoms with Crippen molar-refractivity contribution in [1.82, 2.24) is 4.98 Å². The van der Waals surface area contributed by atoms with Crippen molar-refractivity contribution in [3.63, 3.8) is 0 Å². The lowest BCUT2D eigenvalue weighted by molar-refractivity contribution is -0.117. The summed E-state index contributed by atoms with van der Waals surface area (Å²) in [6.45, 7) is 0.708. The zero-order valence-electron chi connectivity index (χ0n) is 12.7. The van der Waals surface area contributed by atoms with Crippen LogP contribution in [0.4, 0.5) is 10.8 Å². The van der Waals surface area contributed by atoms with E-state index < -0.39 is 0 Å². The second-order valence-corrected chi connectivity index (χ2v) is 6.03. The summed E-state index contributed by atoms with van der Waals surface area (Å²) in [5, 5.41) is 5.31. The van der Waals surface area contributed by atoms with Crippen LogP contribution in [0.2, 0.25) is 0 Å². The number of benzene rings is 1. The first-order valence-electron chi connectivity index (χ1n) is 7.35. The number of para-hydroxylation sites is 2. The Kier molecular flexibility index (Phi) is 4.57. The van der Waals surface area contributed by atoms with E-state index in [0.29, 0.717) is 35.2 Å². The van der Waals surface area contributed by atoms with E-state index >= 15 is 0 Å². The number of rotatable bonds is 5. The summed E-state index contributed by atoms with van der Waals surface area (Å²) in [5.41, 5.74) is 1.29. The third kappa shape index (κ3) is 3.50. The zero-order chi connectivity index (χ0) is 16.2. The molecule has 120 valence electrons. The Morgan fingerprint density at radius 2 is 2.26 bits per heavy atom. The zero-order valence-corrected chi connectivity index (χ0v) is 13.6. The molecule has 1 aromatic carbocycles. The van der Waals surface area contributed by atoms with Gasteiger partial charge >= 0.3 is 0 Å². The van der Waals surface area contributed by atoms with Gasteiger partial charge in [-0.15, -0.1) is 11.3 Å². The number of ether oxygens (including phenoxy) is 1. The molecule has 0 atom stereocenters. The molecule has 0 unspecified atom stereocenters. The average molecular weight is 331 g/mol. The lowest BCUT2D eigenvalue weighted by Crippen LogP contribution is -2.23. The van der Waals surface area contributed by atoms with E-state index in [1.807, 2.05) is 17.5 Å². The second kappa shape index (κ2) is 6.78. The number of aromatic nitrogens is 1. The molecular weight excluding hydrogens is 314 g/mol. The molecule has 23 heavy (non-hydrogen) atoms. The van der Waals surface area contributed by atoms with Crippen LogP contribution >= 0.6 is 11.3 Å². The summed E-state index contributed by atoms with van der Waals surface area (Å²) in [7, 11) is 1.56. The highest BCUT2D eigenvalue weighted by molar-refractivity contribution is 7.14. The molecule has 0 spiro atoms. The van der Waals surface area contributed by atoms with Crippen LogP contribution in [0.5, 0.6) is 5.75 Å². The molecular formula is C16H17N3O3S. The third-order valence-corrected chi connectivity index (χ3v) is 4.48. The molecule has 1 saturated heterocycles. The molecule has 0 saturated carbocycles. The van der Waals surface area contributed by atoms with Crippen molar-refractivity contribution in [3.05, 3.63) is 35.3 Å². The van der Waals surface area contributed by atoms with Gasteiger partial charge in [0, 0.05) is 18.3 Å². The Labute approximate surface area is 138 Å². The number of hydrogen-bond acceptors (Lipinski definition) is 5. The van der Waals surface area contributed by atoms with Crippen molar-refractivity contribution >= 4 is 34.0 Å². The number of carbonyl (C=O) groups is 2. The monoisotopic (exact) mass is 331 g/mol. The van der Waals surface area contributed by atoms with E-state index in [1.54, 1.807) is 24.1 Å². The van der Waals surface area contributed by atoms with Gasteiger partial charge in [0.2, 0.25) is 11.8 Å². The molecule has 1 aliphatic rings. The van der Waals surface area contributed by atoms with E-state index in [9.17, 15) is 9.59 Å². The summed E-state index contributed by atoms with van der Waals surface area (Å²) < 4.78 is 5.21. The van der Waals surface area contributed by atoms with E-state index in [2.05, 4.69) is 10.3 Å². The van der Waals surface area contributed by atoms with Crippen LogP contribution in [0.1, 0.15) is 18.5 Å². The first-order valence-corrected chi connectivity index (χ1v) is 8.23. The van der Waals surface area contributed by atoms with Gasteiger partial charge in [0.15, 0.2) is 5.13 Å². The minimum absolute atomic E-state index is 0.101. The molecule has 7 heteroatoms. The molecule has 2 amide bonds. The summed E-state index contributed by atoms with van der Waals surface area (Å²) in [5.74, 6) is 0.547. The number of amides is 2. The predicted molar refractivity (Wildman–Crippen MR) is 89.0 cm³/mol. The molecule has 6 nitrogen and oxygen atoms in total. The number of nitrogens with one attached hydrogen (secondary N) is 1. The highest BCUT2D eigenvalue weighted by Crippen LogP contribution is 2.26. The Morgan fingerprint density at radius 3 is 3.00 bits per heavy atom. The molecule has 0 radical (unpaired) electrons. The van der Waals surface area contributed by atoms with Gasteiger partial charge in [-0.1, -0.05) is 12.1 Å². The van der Waals surface area contributed by atoms with Crippen molar-refractivity contribution in [2.24, 2.45) is 0 Å². The molecule has 1 aromatic heterocycles. The van der Waals surface area contributed by atoms with Crippen molar-refractivity contribution in [2.45, 2.75) is 19.3 Å². The number of thiazole rings is 1. The maximum absolute atomic E-state index is 12.2. The molecule has 0 bridgehead atoms. The van der Waals surface area contributed by atoms with Crippen molar-refractivity contribution < 1.29 is 14.3 Å². The number of carbonyl (C=O) groups excluding carboxylic acids is 2. The molecule has 1 N–H and O–H groups in total. The fraction of sp³-hybridized carbons (Fsp3) is 0.312. The summed E-state index contributed by atoms with van der Waals surface area (Å²) in [6.07, 6.45) is 1.60. The molecule has 1 fully saturated rings. The largest absolute Gasteiger partial charge is 0.495 e. The molecule has 3 rings (SSSR count). The van der Waals surface area contributed by atoms with Crippen LogP contribution in [0.25, 0.3) is 0 Å². The maximum Gasteiger partial charge on any atom is 0.230 e. The lowest BCUT2D eigenvalue weighted by atomic mass is 10.2. The fourth-order valence-electron chi connectivity index (χ4n) is 2.46. The van der Waals surface area contributed by atoms with Crippen LogP contribution in [0.15, 0.2) is 29.6 Å². The Hall–Kier alpha value is -2.41. The summed E-state index contributed by atoms with van der Waals surface area (Å²) in [4.78, 5) is 30.0. The van der Waals surface area contributed by atoms with Crippen LogP contribution in [-0.2, 0) is 16.0 Å². The van der Waals surface area contributed by atoms with Gasteiger partial charge in [-0.05, 0) is 18.6 Å². The predicted octanol–water partition coefficient (Wildman–Crippen LogP) is 2.46. The van der Waals surface area contributed by atoms with Crippen LogP contribution < -0.4 is 15.0 Å². The van der Waals surface area contributed by atoms with Crippen molar-refractivity contribution in [3.8, 4) is 5.75 Å². The van der Waals surface area contributed by atoms with E-state index in [1.165, 1.54) is 11.3 Å². The van der Waals surface area contributed by atoms with Gasteiger partial charge in [-0.3, -0.25) is 14.5 Å². The van der Waals surface area contributed by atoms with Gasteiger partial charge in [0.1, 0.15) is 5.75 Å². The van der Waals surface area contributed by atoms with Crippen LogP contribution in [-0.4, -0.2) is 30.5 Å². The fourth-order valence-corrected chi connectivity index (χ4v) is 3.33. The molecule has 1 aliphatic heterocycles. The van der Waals surface area contributed by atoms with Gasteiger partial charge in [0.25, 0.3) is 0 Å². The first kappa shape index (κ1) is 15.5. The molecule has 2 aromatic rings. The van der Waals surface area contributed by atoms with Crippen LogP contribution in [0.3, 0.4) is 0 Å². The topological polar surface area (TPSA) is 71.5 Å². The summed E-state index contributed by atoms with van der Waals surface area (Å²) in [6, 6.07) is 7.24. The van der Waals surface area contributed by atoms with Gasteiger partial charge in [-0.2, -0.15) is 0 Å². The van der Waals surface area contributed by atoms with E-state index in [0.717, 1.165) is 6.42 Å². The SMILES string of the molecule is COc1ccccc1NC(=O)Cc1csc(N2CCCC2=O)n1. The highest BCUT2D eigenvalue weighted by atomic mass is 32.1. The Morgan fingerprint density at radius 1 is 1.43 bits per heavy atom. The number of methoxy groups -OCH3 is 1. The lowest BCUT2D eigenvalue weighted by Gasteiger charge is -2.10. The average Bonchev–Trinajstić information content (AvgIpc) is 3.16. The van der Waals surface area contributed by atoms with Gasteiger partial charge in [-0.25, -0.2) is 4.98 Å². The third-order valence-electron chi connectivity index (χ3n) is 3.57. The standard InChI is InChI=1S/C16H17N3O3S/c1-22-13-6-3-2-5-12(13)18-14(20)9-11-10-23-16(17-11)19-8-4-7-15(19)21/h2-3,5-6,10H,4,7-9H2,1H3,(H,18,20). The minimum atomic E-state index is -0.168. The smallest absolute Gasteiger partial charge is 0.230 e. The quantitative estimate of drug-likeness (QED) is 0.913. The van der Waals surface area contributed by atoms with Crippen LogP contribution in [0, 0.1) is 0 Å². The highest BCUT2D eigenvalue weighted by Gasteiger charge is 2.24. The number of anilines is 2. The summed E-state index contributed by atoms with van der Waals surface area (Å²) >= 11 is 1.40. The maximum atomic E-state index is 12.2. The van der Waals surface area contributed by atoms with Crippen molar-refractivity contribution in [1.29, 1.82) is 0 Å². The molecule has 2 heterocycles. The normalized spacial score (nSPS) is 14.1. The first-order chi connectivity index (χ1) is 11.2. The van der Waals surface area contributed by atoms with Gasteiger partial charge < -0.3 is 10.1 Å². The second-order valence-electron chi connectivity index (χ2n) is 5.20. The number of nitrogens with zero attached hydrogens (tertiary/aromatic N) is 2. The van der Waals surface area contributed by atoms with E-state index in [4.69, 9.17) is 4.74 Å². The molecule has 0 aliphatic carbocycles. The Balaban J connectivity index is 1.64. The van der Waals surface area contributed by atoms with E-state index in [-0.39, 0.29) is 18.2 Å². The minimum Gasteiger partial charge on any atom is -0.495 e.